The number of nitrogens with zero attached hydrogens (tertiary/aromatic N) is 1. The molecule has 0 bridgehead atoms. The van der Waals surface area contributed by atoms with Gasteiger partial charge in [0, 0.05) is 32.7 Å². The van der Waals surface area contributed by atoms with E-state index in [9.17, 15) is 14.4 Å². The van der Waals surface area contributed by atoms with Gasteiger partial charge in [-0.1, -0.05) is 0 Å². The molecule has 1 saturated heterocycles. The lowest BCUT2D eigenvalue weighted by atomic mass is 10.1. The normalized spacial score (nSPS) is 17.2. The van der Waals surface area contributed by atoms with E-state index in [1.165, 1.54) is 4.90 Å². The van der Waals surface area contributed by atoms with Crippen molar-refractivity contribution in [3.8, 4) is 0 Å². The summed E-state index contributed by atoms with van der Waals surface area (Å²) in [5.41, 5.74) is 0. The highest BCUT2D eigenvalue weighted by atomic mass is 16.5. The molecule has 0 radical (unpaired) electrons. The second-order valence-corrected chi connectivity index (χ2v) is 4.73. The molecule has 0 aromatic rings. The lowest BCUT2D eigenvalue weighted by Gasteiger charge is -2.32. The Labute approximate surface area is 116 Å². The van der Waals surface area contributed by atoms with Crippen molar-refractivity contribution in [2.75, 3.05) is 20.3 Å². The molecule has 3 N–H and O–H groups in total. The number of aliphatic carboxylic acids is 2. The largest absolute Gasteiger partial charge is 0.481 e. The van der Waals surface area contributed by atoms with E-state index < -0.39 is 24.0 Å². The van der Waals surface area contributed by atoms with Gasteiger partial charge in [0.05, 0.1) is 0 Å². The molecule has 0 unspecified atom stereocenters. The highest BCUT2D eigenvalue weighted by molar-refractivity contribution is 5.83. The summed E-state index contributed by atoms with van der Waals surface area (Å²) < 4.78 is 5.20. The Bertz CT molecular complexity index is 367. The number of hydrogen-bond acceptors (Lipinski definition) is 4. The van der Waals surface area contributed by atoms with Crippen LogP contribution in [0.2, 0.25) is 0 Å². The summed E-state index contributed by atoms with van der Waals surface area (Å²) in [6.45, 7) is 1.15. The van der Waals surface area contributed by atoms with Crippen LogP contribution in [0.15, 0.2) is 0 Å². The fraction of sp³-hybridized carbons (Fsp3) is 0.750. The number of hydrogen-bond donors (Lipinski definition) is 3. The van der Waals surface area contributed by atoms with E-state index in [1.807, 2.05) is 0 Å². The molecule has 0 aliphatic carbocycles. The second kappa shape index (κ2) is 7.68. The van der Waals surface area contributed by atoms with Crippen molar-refractivity contribution in [2.45, 2.75) is 37.8 Å². The van der Waals surface area contributed by atoms with Gasteiger partial charge < -0.3 is 25.2 Å². The van der Waals surface area contributed by atoms with Crippen LogP contribution in [0, 0.1) is 0 Å². The number of carboxylic acids is 2. The van der Waals surface area contributed by atoms with Gasteiger partial charge in [0.25, 0.3) is 0 Å². The number of rotatable bonds is 6. The first-order valence-electron chi connectivity index (χ1n) is 6.47. The van der Waals surface area contributed by atoms with Crippen molar-refractivity contribution in [1.82, 2.24) is 10.2 Å². The highest BCUT2D eigenvalue weighted by Crippen LogP contribution is 2.13. The van der Waals surface area contributed by atoms with Gasteiger partial charge in [-0.3, -0.25) is 4.79 Å². The van der Waals surface area contributed by atoms with Crippen molar-refractivity contribution >= 4 is 18.0 Å². The minimum atomic E-state index is -1.24. The zero-order chi connectivity index (χ0) is 15.1. The molecule has 8 nitrogen and oxygen atoms in total. The van der Waals surface area contributed by atoms with Gasteiger partial charge in [-0.25, -0.2) is 9.59 Å². The number of nitrogens with one attached hydrogen (secondary N) is 1. The summed E-state index contributed by atoms with van der Waals surface area (Å²) in [5, 5.41) is 19.9. The van der Waals surface area contributed by atoms with Crippen LogP contribution in [0.25, 0.3) is 0 Å². The first-order chi connectivity index (χ1) is 9.41. The van der Waals surface area contributed by atoms with Crippen molar-refractivity contribution in [3.05, 3.63) is 0 Å². The number of amides is 2. The quantitative estimate of drug-likeness (QED) is 0.639. The van der Waals surface area contributed by atoms with Crippen molar-refractivity contribution in [2.24, 2.45) is 0 Å². The zero-order valence-corrected chi connectivity index (χ0v) is 11.4. The van der Waals surface area contributed by atoms with E-state index in [0.29, 0.717) is 26.1 Å². The molecule has 1 atom stereocenters. The second-order valence-electron chi connectivity index (χ2n) is 4.73. The van der Waals surface area contributed by atoms with Gasteiger partial charge in [0.15, 0.2) is 0 Å². The topological polar surface area (TPSA) is 116 Å². The number of carboxylic acid groups (broad SMARTS) is 2. The third kappa shape index (κ3) is 5.04. The van der Waals surface area contributed by atoms with Crippen LogP contribution in [0.3, 0.4) is 0 Å². The molecule has 114 valence electrons. The van der Waals surface area contributed by atoms with Gasteiger partial charge >= 0.3 is 18.0 Å². The van der Waals surface area contributed by atoms with E-state index in [0.717, 1.165) is 0 Å². The van der Waals surface area contributed by atoms with E-state index >= 15 is 0 Å². The minimum absolute atomic E-state index is 0.0117. The molecule has 1 aliphatic heterocycles. The number of carbonyl (C=O) groups excluding carboxylic acids is 1. The maximum atomic E-state index is 12.0. The van der Waals surface area contributed by atoms with Crippen molar-refractivity contribution in [1.29, 1.82) is 0 Å². The van der Waals surface area contributed by atoms with E-state index in [1.54, 1.807) is 7.05 Å². The molecule has 1 aliphatic rings. The first kappa shape index (κ1) is 16.2. The molecular weight excluding hydrogens is 268 g/mol. The van der Waals surface area contributed by atoms with E-state index in [-0.39, 0.29) is 18.9 Å². The summed E-state index contributed by atoms with van der Waals surface area (Å²) in [5.74, 6) is -2.33. The molecule has 1 rings (SSSR count). The third-order valence-corrected chi connectivity index (χ3v) is 3.30. The molecular formula is C12H20N2O6. The lowest BCUT2D eigenvalue weighted by molar-refractivity contribution is -0.140. The molecule has 20 heavy (non-hydrogen) atoms. The lowest BCUT2D eigenvalue weighted by Crippen LogP contribution is -2.51. The van der Waals surface area contributed by atoms with Crippen LogP contribution in [0.5, 0.6) is 0 Å². The zero-order valence-electron chi connectivity index (χ0n) is 11.4. The minimum Gasteiger partial charge on any atom is -0.481 e. The average Bonchev–Trinajstić information content (AvgIpc) is 2.42. The van der Waals surface area contributed by atoms with Crippen LogP contribution in [0.1, 0.15) is 25.7 Å². The van der Waals surface area contributed by atoms with Gasteiger partial charge in [-0.05, 0) is 19.3 Å². The van der Waals surface area contributed by atoms with Gasteiger partial charge in [0.2, 0.25) is 0 Å². The Morgan fingerprint density at radius 2 is 1.90 bits per heavy atom. The first-order valence-corrected chi connectivity index (χ1v) is 6.47. The number of urea groups is 1. The molecule has 0 saturated carbocycles. The molecule has 0 aromatic heterocycles. The highest BCUT2D eigenvalue weighted by Gasteiger charge is 2.26. The Balaban J connectivity index is 2.51. The molecule has 0 aromatic carbocycles. The molecule has 1 heterocycles. The monoisotopic (exact) mass is 288 g/mol. The van der Waals surface area contributed by atoms with Crippen LogP contribution in [-0.4, -0.2) is 65.4 Å². The SMILES string of the molecule is CN(C(=O)N[C@@H](CCC(=O)O)C(=O)O)C1CCOCC1. The summed E-state index contributed by atoms with van der Waals surface area (Å²) >= 11 is 0. The molecule has 8 heteroatoms. The van der Waals surface area contributed by atoms with Crippen LogP contribution < -0.4 is 5.32 Å². The maximum absolute atomic E-state index is 12.0. The fourth-order valence-corrected chi connectivity index (χ4v) is 2.01. The van der Waals surface area contributed by atoms with Crippen LogP contribution >= 0.6 is 0 Å². The Morgan fingerprint density at radius 3 is 2.40 bits per heavy atom. The molecule has 0 spiro atoms. The van der Waals surface area contributed by atoms with Gasteiger partial charge in [0.1, 0.15) is 6.04 Å². The summed E-state index contributed by atoms with van der Waals surface area (Å²) in [6.07, 6.45) is 0.962. The van der Waals surface area contributed by atoms with Crippen molar-refractivity contribution in [3.63, 3.8) is 0 Å². The van der Waals surface area contributed by atoms with Gasteiger partial charge in [-0.2, -0.15) is 0 Å². The Hall–Kier alpha value is -1.83. The summed E-state index contributed by atoms with van der Waals surface area (Å²) in [4.78, 5) is 34.9. The number of carbonyl (C=O) groups is 3. The Morgan fingerprint density at radius 1 is 1.30 bits per heavy atom. The predicted molar refractivity (Wildman–Crippen MR) is 68.4 cm³/mol. The van der Waals surface area contributed by atoms with Crippen LogP contribution in [0.4, 0.5) is 4.79 Å². The van der Waals surface area contributed by atoms with Gasteiger partial charge in [-0.15, -0.1) is 0 Å². The average molecular weight is 288 g/mol. The van der Waals surface area contributed by atoms with Crippen LogP contribution in [-0.2, 0) is 14.3 Å². The predicted octanol–water partition coefficient (Wildman–Crippen LogP) is 0.125. The van der Waals surface area contributed by atoms with Crippen molar-refractivity contribution < 1.29 is 29.3 Å². The number of ether oxygens (including phenoxy) is 1. The van der Waals surface area contributed by atoms with E-state index in [2.05, 4.69) is 5.32 Å². The smallest absolute Gasteiger partial charge is 0.326 e. The standard InChI is InChI=1S/C12H20N2O6/c1-14(8-4-6-20-7-5-8)12(19)13-9(11(17)18)2-3-10(15)16/h8-9H,2-7H2,1H3,(H,13,19)(H,15,16)(H,17,18)/t9-/m0/s1. The maximum Gasteiger partial charge on any atom is 0.326 e. The fourth-order valence-electron chi connectivity index (χ4n) is 2.01. The summed E-state index contributed by atoms with van der Waals surface area (Å²) in [6, 6.07) is -1.69. The molecule has 1 fully saturated rings. The summed E-state index contributed by atoms with van der Waals surface area (Å²) in [7, 11) is 1.60. The third-order valence-electron chi connectivity index (χ3n) is 3.30. The molecule has 2 amide bonds. The van der Waals surface area contributed by atoms with E-state index in [4.69, 9.17) is 14.9 Å². The Kier molecular flexibility index (Phi) is 6.23.